The third-order valence-electron chi connectivity index (χ3n) is 18.0. The summed E-state index contributed by atoms with van der Waals surface area (Å²) in [6.45, 7) is 7.25. The van der Waals surface area contributed by atoms with E-state index < -0.39 is 97.5 Å². The van der Waals surface area contributed by atoms with E-state index in [-0.39, 0.29) is 25.7 Å². The molecule has 0 aliphatic rings. The summed E-state index contributed by atoms with van der Waals surface area (Å²) < 4.78 is 68.6. The summed E-state index contributed by atoms with van der Waals surface area (Å²) in [4.78, 5) is 72.8. The summed E-state index contributed by atoms with van der Waals surface area (Å²) in [5.41, 5.74) is 0. The molecular weight excluding hydrogens is 1260 g/mol. The lowest BCUT2D eigenvalue weighted by Gasteiger charge is -2.21. The zero-order valence-electron chi connectivity index (χ0n) is 62.5. The molecule has 0 spiro atoms. The van der Waals surface area contributed by atoms with E-state index in [9.17, 15) is 43.2 Å². The van der Waals surface area contributed by atoms with E-state index in [1.54, 1.807) is 0 Å². The van der Waals surface area contributed by atoms with Gasteiger partial charge >= 0.3 is 39.5 Å². The summed E-state index contributed by atoms with van der Waals surface area (Å²) in [6, 6.07) is 0. The molecule has 0 heterocycles. The number of rotatable bonds is 77. The average molecular weight is 1410 g/mol. The van der Waals surface area contributed by atoms with Gasteiger partial charge < -0.3 is 33.8 Å². The fourth-order valence-electron chi connectivity index (χ4n) is 11.9. The molecule has 0 aliphatic carbocycles. The second-order valence-electron chi connectivity index (χ2n) is 28.2. The molecule has 5 atom stereocenters. The molecule has 17 nitrogen and oxygen atoms in total. The molecule has 0 saturated heterocycles. The number of phosphoric ester groups is 2. The van der Waals surface area contributed by atoms with E-state index in [2.05, 4.69) is 34.6 Å². The summed E-state index contributed by atoms with van der Waals surface area (Å²) in [7, 11) is -9.91. The summed E-state index contributed by atoms with van der Waals surface area (Å²) in [5, 5.41) is 10.6. The van der Waals surface area contributed by atoms with Crippen LogP contribution in [0.4, 0.5) is 0 Å². The quantitative estimate of drug-likeness (QED) is 0.0222. The molecule has 0 fully saturated rings. The summed E-state index contributed by atoms with van der Waals surface area (Å²) in [6.07, 6.45) is 59.6. The molecule has 0 bridgehead atoms. The molecule has 19 heteroatoms. The molecular formula is C77H150O17P2. The van der Waals surface area contributed by atoms with E-state index in [1.165, 1.54) is 225 Å². The SMILES string of the molecule is CCCCCCCCCCCCCCCCCCCCC(=O)O[C@H](COC(=O)CCCCCCCCCCCCCCCCC)COP(=O)(O)OC[C@@H](O)COP(=O)(O)OC[C@@H](COC(=O)CCCCCCCCCC(C)C)OC(=O)CCCCCCCCCCCCCCC. The van der Waals surface area contributed by atoms with Gasteiger partial charge in [0.05, 0.1) is 26.4 Å². The normalized spacial score (nSPS) is 13.9. The average Bonchev–Trinajstić information content (AvgIpc) is 2.98. The van der Waals surface area contributed by atoms with Crippen LogP contribution < -0.4 is 0 Å². The van der Waals surface area contributed by atoms with Crippen molar-refractivity contribution in [3.8, 4) is 0 Å². The van der Waals surface area contributed by atoms with Gasteiger partial charge in [0.2, 0.25) is 0 Å². The summed E-state index contributed by atoms with van der Waals surface area (Å²) >= 11 is 0. The number of phosphoric acid groups is 2. The highest BCUT2D eigenvalue weighted by Gasteiger charge is 2.30. The van der Waals surface area contributed by atoms with Crippen LogP contribution in [0, 0.1) is 5.92 Å². The maximum atomic E-state index is 13.1. The Morgan fingerprint density at radius 1 is 0.281 bits per heavy atom. The second kappa shape index (κ2) is 70.1. The number of hydrogen-bond donors (Lipinski definition) is 3. The van der Waals surface area contributed by atoms with E-state index in [1.807, 2.05) is 0 Å². The van der Waals surface area contributed by atoms with Crippen molar-refractivity contribution in [3.63, 3.8) is 0 Å². The molecule has 0 amide bonds. The van der Waals surface area contributed by atoms with Crippen LogP contribution in [-0.2, 0) is 65.4 Å². The van der Waals surface area contributed by atoms with Gasteiger partial charge in [0.1, 0.15) is 19.3 Å². The minimum Gasteiger partial charge on any atom is -0.462 e. The molecule has 0 aromatic heterocycles. The van der Waals surface area contributed by atoms with Crippen LogP contribution in [0.3, 0.4) is 0 Å². The first-order valence-electron chi connectivity index (χ1n) is 40.1. The number of aliphatic hydroxyl groups excluding tert-OH is 1. The maximum Gasteiger partial charge on any atom is 0.472 e. The van der Waals surface area contributed by atoms with Gasteiger partial charge in [0, 0.05) is 25.7 Å². The van der Waals surface area contributed by atoms with Crippen molar-refractivity contribution < 1.29 is 80.2 Å². The third kappa shape index (κ3) is 70.5. The number of aliphatic hydroxyl groups is 1. The van der Waals surface area contributed by atoms with Crippen LogP contribution in [0.25, 0.3) is 0 Å². The van der Waals surface area contributed by atoms with E-state index >= 15 is 0 Å². The van der Waals surface area contributed by atoms with E-state index in [0.717, 1.165) is 96.3 Å². The van der Waals surface area contributed by atoms with Crippen molar-refractivity contribution in [1.29, 1.82) is 0 Å². The number of hydrogen-bond acceptors (Lipinski definition) is 15. The van der Waals surface area contributed by atoms with Gasteiger partial charge in [0.25, 0.3) is 0 Å². The van der Waals surface area contributed by atoms with Crippen molar-refractivity contribution in [2.75, 3.05) is 39.6 Å². The van der Waals surface area contributed by atoms with Gasteiger partial charge in [-0.15, -0.1) is 0 Å². The van der Waals surface area contributed by atoms with Crippen LogP contribution in [0.2, 0.25) is 0 Å². The number of unbranched alkanes of at least 4 members (excludes halogenated alkanes) is 49. The Balaban J connectivity index is 5.24. The largest absolute Gasteiger partial charge is 0.472 e. The van der Waals surface area contributed by atoms with Crippen LogP contribution in [0.5, 0.6) is 0 Å². The highest BCUT2D eigenvalue weighted by atomic mass is 31.2. The van der Waals surface area contributed by atoms with Crippen LogP contribution in [0.15, 0.2) is 0 Å². The van der Waals surface area contributed by atoms with Gasteiger partial charge in [-0.2, -0.15) is 0 Å². The van der Waals surface area contributed by atoms with Crippen molar-refractivity contribution >= 4 is 39.5 Å². The first-order chi connectivity index (χ1) is 46.5. The maximum absolute atomic E-state index is 13.1. The van der Waals surface area contributed by atoms with Gasteiger partial charge in [-0.05, 0) is 31.6 Å². The topological polar surface area (TPSA) is 237 Å². The van der Waals surface area contributed by atoms with Crippen molar-refractivity contribution in [2.45, 2.75) is 425 Å². The highest BCUT2D eigenvalue weighted by molar-refractivity contribution is 7.47. The fourth-order valence-corrected chi connectivity index (χ4v) is 13.5. The molecule has 0 aromatic carbocycles. The predicted octanol–water partition coefficient (Wildman–Crippen LogP) is 22.9. The monoisotopic (exact) mass is 1410 g/mol. The molecule has 3 N–H and O–H groups in total. The first kappa shape index (κ1) is 94.1. The molecule has 0 radical (unpaired) electrons. The molecule has 0 aromatic rings. The van der Waals surface area contributed by atoms with Crippen LogP contribution in [-0.4, -0.2) is 96.7 Å². The van der Waals surface area contributed by atoms with Gasteiger partial charge in [0.15, 0.2) is 12.2 Å². The highest BCUT2D eigenvalue weighted by Crippen LogP contribution is 2.45. The zero-order chi connectivity index (χ0) is 70.5. The van der Waals surface area contributed by atoms with Gasteiger partial charge in [-0.3, -0.25) is 37.3 Å². The Morgan fingerprint density at radius 2 is 0.479 bits per heavy atom. The second-order valence-corrected chi connectivity index (χ2v) is 31.1. The van der Waals surface area contributed by atoms with Gasteiger partial charge in [-0.1, -0.05) is 356 Å². The molecule has 570 valence electrons. The molecule has 0 aliphatic heterocycles. The fraction of sp³-hybridized carbons (Fsp3) is 0.948. The lowest BCUT2D eigenvalue weighted by molar-refractivity contribution is -0.161. The standard InChI is InChI=1S/C77H150O17P2/c1-6-9-12-15-18-21-24-27-29-30-31-33-36-39-42-47-53-58-63-77(82)93-72(66-87-74(79)60-55-50-45-40-37-35-32-28-25-22-19-16-13-10-7-2)68-91-95(83,84)89-64-71(78)65-90-96(85,86)92-69-73(67-88-75(80)61-56-51-48-43-44-49-54-59-70(4)5)94-76(81)62-57-52-46-41-38-34-26-23-20-17-14-11-8-3/h70-73,78H,6-69H2,1-5H3,(H,83,84)(H,85,86)/t71-,72-,73-/m1/s1. The molecule has 2 unspecified atom stereocenters. The molecule has 96 heavy (non-hydrogen) atoms. The van der Waals surface area contributed by atoms with Crippen LogP contribution in [0.1, 0.15) is 407 Å². The lowest BCUT2D eigenvalue weighted by atomic mass is 10.0. The van der Waals surface area contributed by atoms with Crippen molar-refractivity contribution in [3.05, 3.63) is 0 Å². The van der Waals surface area contributed by atoms with E-state index in [0.29, 0.717) is 31.6 Å². The summed E-state index contributed by atoms with van der Waals surface area (Å²) in [5.74, 6) is -1.41. The van der Waals surface area contributed by atoms with Gasteiger partial charge in [-0.25, -0.2) is 9.13 Å². The van der Waals surface area contributed by atoms with Crippen molar-refractivity contribution in [2.24, 2.45) is 5.92 Å². The molecule has 0 rings (SSSR count). The molecule has 0 saturated carbocycles. The Labute approximate surface area is 588 Å². The van der Waals surface area contributed by atoms with Crippen molar-refractivity contribution in [1.82, 2.24) is 0 Å². The number of carbonyl (C=O) groups excluding carboxylic acids is 4. The van der Waals surface area contributed by atoms with E-state index in [4.69, 9.17) is 37.0 Å². The number of esters is 4. The Hall–Kier alpha value is -1.94. The Bertz CT molecular complexity index is 1840. The Morgan fingerprint density at radius 3 is 0.708 bits per heavy atom. The first-order valence-corrected chi connectivity index (χ1v) is 43.1. The van der Waals surface area contributed by atoms with Crippen LogP contribution >= 0.6 is 15.6 Å². The third-order valence-corrected chi connectivity index (χ3v) is 19.9. The Kier molecular flexibility index (Phi) is 68.7. The number of carbonyl (C=O) groups is 4. The smallest absolute Gasteiger partial charge is 0.462 e. The predicted molar refractivity (Wildman–Crippen MR) is 391 cm³/mol. The minimum atomic E-state index is -4.96. The zero-order valence-corrected chi connectivity index (χ0v) is 64.3. The minimum absolute atomic E-state index is 0.107. The number of ether oxygens (including phenoxy) is 4. The lowest BCUT2D eigenvalue weighted by Crippen LogP contribution is -2.30.